The molecule has 27 heavy (non-hydrogen) atoms. The lowest BCUT2D eigenvalue weighted by atomic mass is 10.1. The fourth-order valence-electron chi connectivity index (χ4n) is 2.81. The second kappa shape index (κ2) is 8.14. The molecule has 0 saturated carbocycles. The number of ether oxygens (including phenoxy) is 2. The second-order valence-corrected chi connectivity index (χ2v) is 6.37. The van der Waals surface area contributed by atoms with Gasteiger partial charge in [-0.25, -0.2) is 0 Å². The third-order valence-electron chi connectivity index (χ3n) is 4.19. The van der Waals surface area contributed by atoms with Crippen molar-refractivity contribution in [1.29, 1.82) is 0 Å². The van der Waals surface area contributed by atoms with E-state index in [9.17, 15) is 9.59 Å². The van der Waals surface area contributed by atoms with Gasteiger partial charge in [-0.05, 0) is 36.8 Å². The number of aromatic amines is 1. The van der Waals surface area contributed by atoms with Crippen LogP contribution in [-0.4, -0.2) is 31.7 Å². The first-order valence-electron chi connectivity index (χ1n) is 8.33. The molecule has 7 heteroatoms. The average molecular weight is 387 g/mol. The van der Waals surface area contributed by atoms with Crippen molar-refractivity contribution in [3.63, 3.8) is 0 Å². The smallest absolute Gasteiger partial charge is 0.251 e. The molecule has 1 aromatic heterocycles. The van der Waals surface area contributed by atoms with Crippen LogP contribution in [0.2, 0.25) is 5.02 Å². The molecular formula is C20H19ClN2O4. The Morgan fingerprint density at radius 1 is 1.11 bits per heavy atom. The van der Waals surface area contributed by atoms with Crippen molar-refractivity contribution in [1.82, 2.24) is 10.3 Å². The van der Waals surface area contributed by atoms with Crippen LogP contribution in [0, 0.1) is 0 Å². The Morgan fingerprint density at radius 3 is 2.56 bits per heavy atom. The van der Waals surface area contributed by atoms with Crippen LogP contribution < -0.4 is 20.3 Å². The number of nitrogens with one attached hydrogen (secondary N) is 2. The van der Waals surface area contributed by atoms with Gasteiger partial charge < -0.3 is 19.8 Å². The number of carbonyl (C=O) groups is 1. The van der Waals surface area contributed by atoms with Gasteiger partial charge in [0.25, 0.3) is 11.5 Å². The summed E-state index contributed by atoms with van der Waals surface area (Å²) >= 11 is 5.90. The number of pyridine rings is 1. The van der Waals surface area contributed by atoms with Gasteiger partial charge in [0.1, 0.15) is 0 Å². The molecule has 6 nitrogen and oxygen atoms in total. The minimum Gasteiger partial charge on any atom is -0.493 e. The van der Waals surface area contributed by atoms with Gasteiger partial charge in [0.05, 0.1) is 19.7 Å². The highest BCUT2D eigenvalue weighted by atomic mass is 35.5. The Kier molecular flexibility index (Phi) is 5.66. The summed E-state index contributed by atoms with van der Waals surface area (Å²) in [5.41, 5.74) is 1.50. The molecule has 0 bridgehead atoms. The van der Waals surface area contributed by atoms with Crippen molar-refractivity contribution in [3.05, 3.63) is 69.0 Å². The van der Waals surface area contributed by atoms with Crippen LogP contribution in [0.15, 0.2) is 47.3 Å². The Labute approximate surface area is 161 Å². The lowest BCUT2D eigenvalue weighted by Gasteiger charge is -2.10. The summed E-state index contributed by atoms with van der Waals surface area (Å²) < 4.78 is 10.6. The number of hydrogen-bond acceptors (Lipinski definition) is 4. The molecular weight excluding hydrogens is 368 g/mol. The van der Waals surface area contributed by atoms with E-state index in [0.717, 1.165) is 5.39 Å². The fourth-order valence-corrected chi connectivity index (χ4v) is 3.00. The van der Waals surface area contributed by atoms with Crippen molar-refractivity contribution in [3.8, 4) is 11.5 Å². The molecule has 0 atom stereocenters. The van der Waals surface area contributed by atoms with Gasteiger partial charge in [0, 0.05) is 34.1 Å². The van der Waals surface area contributed by atoms with Crippen LogP contribution in [0.3, 0.4) is 0 Å². The number of amides is 1. The van der Waals surface area contributed by atoms with Crippen LogP contribution in [0.25, 0.3) is 10.9 Å². The average Bonchev–Trinajstić information content (AvgIpc) is 2.67. The first kappa shape index (κ1) is 18.8. The van der Waals surface area contributed by atoms with Crippen molar-refractivity contribution >= 4 is 28.4 Å². The maximum absolute atomic E-state index is 12.3. The summed E-state index contributed by atoms with van der Waals surface area (Å²) in [4.78, 5) is 27.3. The number of hydrogen-bond donors (Lipinski definition) is 2. The van der Waals surface area contributed by atoms with Crippen molar-refractivity contribution in [2.24, 2.45) is 0 Å². The van der Waals surface area contributed by atoms with Gasteiger partial charge in [0.2, 0.25) is 0 Å². The summed E-state index contributed by atoms with van der Waals surface area (Å²) in [6.45, 7) is 0.327. The van der Waals surface area contributed by atoms with Gasteiger partial charge in [0.15, 0.2) is 11.5 Å². The van der Waals surface area contributed by atoms with Crippen LogP contribution in [0.5, 0.6) is 11.5 Å². The number of aromatic nitrogens is 1. The van der Waals surface area contributed by atoms with Gasteiger partial charge >= 0.3 is 0 Å². The molecule has 3 rings (SSSR count). The van der Waals surface area contributed by atoms with Gasteiger partial charge in [-0.15, -0.1) is 0 Å². The van der Waals surface area contributed by atoms with Crippen LogP contribution in [0.1, 0.15) is 15.9 Å². The molecule has 0 unspecified atom stereocenters. The molecule has 3 aromatic rings. The number of benzene rings is 2. The highest BCUT2D eigenvalue weighted by Gasteiger charge is 2.10. The molecule has 0 aliphatic heterocycles. The van der Waals surface area contributed by atoms with Crippen LogP contribution >= 0.6 is 11.6 Å². The monoisotopic (exact) mass is 386 g/mol. The molecule has 0 aliphatic carbocycles. The quantitative estimate of drug-likeness (QED) is 0.681. The Morgan fingerprint density at radius 2 is 1.85 bits per heavy atom. The predicted molar refractivity (Wildman–Crippen MR) is 105 cm³/mol. The van der Waals surface area contributed by atoms with E-state index in [2.05, 4.69) is 10.3 Å². The van der Waals surface area contributed by atoms with E-state index >= 15 is 0 Å². The molecule has 0 spiro atoms. The molecule has 1 heterocycles. The Balaban J connectivity index is 1.75. The lowest BCUT2D eigenvalue weighted by Crippen LogP contribution is -2.27. The van der Waals surface area contributed by atoms with E-state index in [4.69, 9.17) is 21.1 Å². The fraction of sp³-hybridized carbons (Fsp3) is 0.200. The largest absolute Gasteiger partial charge is 0.493 e. The number of fused-ring (bicyclic) bond motifs is 1. The van der Waals surface area contributed by atoms with E-state index in [-0.39, 0.29) is 11.5 Å². The number of halogens is 1. The molecule has 0 saturated heterocycles. The number of rotatable bonds is 6. The maximum atomic E-state index is 12.3. The zero-order valence-corrected chi connectivity index (χ0v) is 15.7. The number of methoxy groups -OCH3 is 2. The third-order valence-corrected chi connectivity index (χ3v) is 4.43. The third kappa shape index (κ3) is 4.23. The standard InChI is InChI=1S/C20H19ClN2O4/c1-26-17-10-14-8-13(20(25)23-16(14)11-18(17)27-2)6-7-22-19(24)12-4-3-5-15(21)9-12/h3-5,8-11H,6-7H2,1-2H3,(H,22,24)(H,23,25). The zero-order chi connectivity index (χ0) is 19.4. The van der Waals surface area contributed by atoms with Gasteiger partial charge in [-0.2, -0.15) is 0 Å². The topological polar surface area (TPSA) is 80.4 Å². The maximum Gasteiger partial charge on any atom is 0.251 e. The highest BCUT2D eigenvalue weighted by Crippen LogP contribution is 2.31. The Bertz CT molecular complexity index is 1050. The van der Waals surface area contributed by atoms with Crippen molar-refractivity contribution < 1.29 is 14.3 Å². The predicted octanol–water partition coefficient (Wildman–Crippen LogP) is 3.17. The number of carbonyl (C=O) groups excluding carboxylic acids is 1. The van der Waals surface area contributed by atoms with Crippen molar-refractivity contribution in [2.75, 3.05) is 20.8 Å². The molecule has 0 radical (unpaired) electrons. The molecule has 2 N–H and O–H groups in total. The van der Waals surface area contributed by atoms with Gasteiger partial charge in [-0.1, -0.05) is 17.7 Å². The summed E-state index contributed by atoms with van der Waals surface area (Å²) in [6.07, 6.45) is 0.395. The lowest BCUT2D eigenvalue weighted by molar-refractivity contribution is 0.0954. The molecule has 140 valence electrons. The molecule has 1 amide bonds. The molecule has 0 aliphatic rings. The SMILES string of the molecule is COc1cc2cc(CCNC(=O)c3cccc(Cl)c3)c(=O)[nH]c2cc1OC. The minimum absolute atomic E-state index is 0.202. The van der Waals surface area contributed by atoms with Gasteiger partial charge in [-0.3, -0.25) is 9.59 Å². The zero-order valence-electron chi connectivity index (χ0n) is 15.0. The van der Waals surface area contributed by atoms with E-state index in [0.29, 0.717) is 46.1 Å². The first-order valence-corrected chi connectivity index (χ1v) is 8.71. The van der Waals surface area contributed by atoms with E-state index in [1.807, 2.05) is 0 Å². The second-order valence-electron chi connectivity index (χ2n) is 5.93. The Hall–Kier alpha value is -2.99. The molecule has 0 fully saturated rings. The van der Waals surface area contributed by atoms with E-state index < -0.39 is 0 Å². The van der Waals surface area contributed by atoms with Crippen LogP contribution in [0.4, 0.5) is 0 Å². The van der Waals surface area contributed by atoms with Crippen LogP contribution in [-0.2, 0) is 6.42 Å². The van der Waals surface area contributed by atoms with E-state index in [1.54, 1.807) is 56.7 Å². The summed E-state index contributed by atoms with van der Waals surface area (Å²) in [5, 5.41) is 4.12. The normalized spacial score (nSPS) is 10.6. The highest BCUT2D eigenvalue weighted by molar-refractivity contribution is 6.30. The van der Waals surface area contributed by atoms with E-state index in [1.165, 1.54) is 0 Å². The summed E-state index contributed by atoms with van der Waals surface area (Å²) in [6, 6.07) is 12.0. The molecule has 2 aromatic carbocycles. The summed E-state index contributed by atoms with van der Waals surface area (Å²) in [5.74, 6) is 0.889. The first-order chi connectivity index (χ1) is 13.0. The summed E-state index contributed by atoms with van der Waals surface area (Å²) in [7, 11) is 3.10. The number of H-pyrrole nitrogens is 1. The van der Waals surface area contributed by atoms with Crippen molar-refractivity contribution in [2.45, 2.75) is 6.42 Å². The minimum atomic E-state index is -0.235.